The van der Waals surface area contributed by atoms with Crippen LogP contribution in [0.5, 0.6) is 0 Å². The van der Waals surface area contributed by atoms with Gasteiger partial charge in [-0.25, -0.2) is 17.2 Å². The van der Waals surface area contributed by atoms with Gasteiger partial charge in [0.1, 0.15) is 0 Å². The third-order valence-corrected chi connectivity index (χ3v) is 5.38. The Morgan fingerprint density at radius 2 is 1.90 bits per heavy atom. The van der Waals surface area contributed by atoms with Crippen LogP contribution in [0.15, 0.2) is 29.2 Å². The Kier molecular flexibility index (Phi) is 4.58. The summed E-state index contributed by atoms with van der Waals surface area (Å²) in [6.07, 6.45) is -1.76. The molecule has 1 aliphatic rings. The zero-order chi connectivity index (χ0) is 15.6. The van der Waals surface area contributed by atoms with Crippen molar-refractivity contribution < 1.29 is 27.1 Å². The topological polar surface area (TPSA) is 74.7 Å². The van der Waals surface area contributed by atoms with Crippen LogP contribution in [-0.4, -0.2) is 36.9 Å². The maximum atomic E-state index is 12.5. The molecular weight excluding hydrogens is 304 g/mol. The van der Waals surface area contributed by atoms with Gasteiger partial charge in [0, 0.05) is 18.7 Å². The number of halogens is 2. The molecule has 21 heavy (non-hydrogen) atoms. The van der Waals surface area contributed by atoms with E-state index in [1.165, 1.54) is 0 Å². The Hall–Kier alpha value is -1.54. The maximum absolute atomic E-state index is 12.5. The van der Waals surface area contributed by atoms with Crippen LogP contribution in [0, 0.1) is 5.92 Å². The molecule has 1 aromatic rings. The van der Waals surface area contributed by atoms with Crippen LogP contribution in [0.4, 0.5) is 8.78 Å². The summed E-state index contributed by atoms with van der Waals surface area (Å²) < 4.78 is 50.8. The molecule has 0 radical (unpaired) electrons. The molecule has 0 aromatic heterocycles. The van der Waals surface area contributed by atoms with Crippen LogP contribution in [0.1, 0.15) is 24.8 Å². The van der Waals surface area contributed by atoms with Gasteiger partial charge in [0.25, 0.3) is 6.43 Å². The van der Waals surface area contributed by atoms with Crippen molar-refractivity contribution in [1.82, 2.24) is 4.31 Å². The monoisotopic (exact) mass is 319 g/mol. The highest BCUT2D eigenvalue weighted by Gasteiger charge is 2.33. The summed E-state index contributed by atoms with van der Waals surface area (Å²) in [5, 5.41) is 8.98. The first-order valence-corrected chi connectivity index (χ1v) is 7.87. The number of aliphatic carboxylic acids is 1. The minimum absolute atomic E-state index is 0.0890. The normalized spacial score (nSPS) is 20.6. The van der Waals surface area contributed by atoms with Gasteiger partial charge in [-0.1, -0.05) is 12.1 Å². The summed E-state index contributed by atoms with van der Waals surface area (Å²) in [7, 11) is -3.85. The van der Waals surface area contributed by atoms with E-state index < -0.39 is 28.3 Å². The first kappa shape index (κ1) is 15.8. The maximum Gasteiger partial charge on any atom is 0.307 e. The highest BCUT2D eigenvalue weighted by atomic mass is 32.2. The Balaban J connectivity index is 2.22. The quantitative estimate of drug-likeness (QED) is 0.922. The van der Waals surface area contributed by atoms with Gasteiger partial charge in [0.15, 0.2) is 0 Å². The molecule has 116 valence electrons. The molecule has 0 bridgehead atoms. The van der Waals surface area contributed by atoms with Gasteiger partial charge < -0.3 is 5.11 Å². The van der Waals surface area contributed by atoms with Crippen LogP contribution in [0.2, 0.25) is 0 Å². The number of rotatable bonds is 4. The molecule has 1 fully saturated rings. The summed E-state index contributed by atoms with van der Waals surface area (Å²) in [6, 6.07) is 4.38. The highest BCUT2D eigenvalue weighted by Crippen LogP contribution is 2.26. The fraction of sp³-hybridized carbons (Fsp3) is 0.462. The minimum atomic E-state index is -3.85. The van der Waals surface area contributed by atoms with Crippen LogP contribution in [0.3, 0.4) is 0 Å². The molecular formula is C13H15F2NO4S. The van der Waals surface area contributed by atoms with Gasteiger partial charge in [-0.05, 0) is 25.0 Å². The van der Waals surface area contributed by atoms with E-state index >= 15 is 0 Å². The van der Waals surface area contributed by atoms with Gasteiger partial charge in [0.05, 0.1) is 10.8 Å². The van der Waals surface area contributed by atoms with Crippen LogP contribution in [-0.2, 0) is 14.8 Å². The van der Waals surface area contributed by atoms with Crippen molar-refractivity contribution in [2.24, 2.45) is 5.92 Å². The van der Waals surface area contributed by atoms with Crippen molar-refractivity contribution in [3.63, 3.8) is 0 Å². The lowest BCUT2D eigenvalue weighted by Crippen LogP contribution is -2.42. The number of nitrogens with zero attached hydrogens (tertiary/aromatic N) is 1. The lowest BCUT2D eigenvalue weighted by atomic mass is 10.0. The number of hydrogen-bond donors (Lipinski definition) is 1. The molecule has 0 saturated carbocycles. The van der Waals surface area contributed by atoms with E-state index in [4.69, 9.17) is 5.11 Å². The van der Waals surface area contributed by atoms with E-state index in [0.29, 0.717) is 12.8 Å². The fourth-order valence-electron chi connectivity index (χ4n) is 2.30. The average molecular weight is 319 g/mol. The van der Waals surface area contributed by atoms with Gasteiger partial charge in [0.2, 0.25) is 10.0 Å². The molecule has 1 atom stereocenters. The lowest BCUT2D eigenvalue weighted by molar-refractivity contribution is -0.142. The van der Waals surface area contributed by atoms with Crippen molar-refractivity contribution in [2.45, 2.75) is 24.2 Å². The average Bonchev–Trinajstić information content (AvgIpc) is 2.47. The first-order chi connectivity index (χ1) is 9.82. The zero-order valence-electron chi connectivity index (χ0n) is 11.1. The van der Waals surface area contributed by atoms with Crippen LogP contribution in [0.25, 0.3) is 0 Å². The Morgan fingerprint density at radius 1 is 1.29 bits per heavy atom. The van der Waals surface area contributed by atoms with Crippen molar-refractivity contribution in [3.8, 4) is 0 Å². The van der Waals surface area contributed by atoms with Crippen molar-refractivity contribution in [1.29, 1.82) is 0 Å². The van der Waals surface area contributed by atoms with Crippen LogP contribution >= 0.6 is 0 Å². The fourth-order valence-corrected chi connectivity index (χ4v) is 3.82. The van der Waals surface area contributed by atoms with Gasteiger partial charge in [-0.3, -0.25) is 4.79 Å². The molecule has 0 amide bonds. The molecule has 0 aliphatic carbocycles. The minimum Gasteiger partial charge on any atom is -0.481 e. The molecule has 5 nitrogen and oxygen atoms in total. The number of piperidine rings is 1. The largest absolute Gasteiger partial charge is 0.481 e. The van der Waals surface area contributed by atoms with E-state index in [9.17, 15) is 22.0 Å². The molecule has 1 heterocycles. The van der Waals surface area contributed by atoms with E-state index in [-0.39, 0.29) is 23.5 Å². The molecule has 1 N–H and O–H groups in total. The standard InChI is InChI=1S/C13H15F2NO4S/c14-12(15)9-3-5-11(6-4-9)21(19,20)16-7-1-2-10(8-16)13(17)18/h3-6,10,12H,1-2,7-8H2,(H,17,18). The van der Waals surface area contributed by atoms with Gasteiger partial charge in [-0.15, -0.1) is 0 Å². The second-order valence-electron chi connectivity index (χ2n) is 4.91. The smallest absolute Gasteiger partial charge is 0.307 e. The summed E-state index contributed by atoms with van der Waals surface area (Å²) >= 11 is 0. The lowest BCUT2D eigenvalue weighted by Gasteiger charge is -2.29. The van der Waals surface area contributed by atoms with Crippen molar-refractivity contribution in [3.05, 3.63) is 29.8 Å². The number of sulfonamides is 1. The number of hydrogen-bond acceptors (Lipinski definition) is 3. The number of benzene rings is 1. The number of carboxylic acids is 1. The predicted octanol–water partition coefficient (Wildman–Crippen LogP) is 2.11. The van der Waals surface area contributed by atoms with Crippen LogP contribution < -0.4 is 0 Å². The Morgan fingerprint density at radius 3 is 2.43 bits per heavy atom. The molecule has 1 unspecified atom stereocenters. The molecule has 0 spiro atoms. The Labute approximate surface area is 121 Å². The van der Waals surface area contributed by atoms with Crippen molar-refractivity contribution >= 4 is 16.0 Å². The summed E-state index contributed by atoms with van der Waals surface area (Å²) in [4.78, 5) is 10.9. The van der Waals surface area contributed by atoms with Crippen molar-refractivity contribution in [2.75, 3.05) is 13.1 Å². The summed E-state index contributed by atoms with van der Waals surface area (Å²) in [5.41, 5.74) is -0.254. The third kappa shape index (κ3) is 3.38. The highest BCUT2D eigenvalue weighted by molar-refractivity contribution is 7.89. The molecule has 2 rings (SSSR count). The van der Waals surface area contributed by atoms with Gasteiger partial charge >= 0.3 is 5.97 Å². The number of carboxylic acid groups (broad SMARTS) is 1. The Bertz CT molecular complexity index is 616. The second-order valence-corrected chi connectivity index (χ2v) is 6.85. The summed E-state index contributed by atoms with van der Waals surface area (Å²) in [6.45, 7) is 0.150. The SMILES string of the molecule is O=C(O)C1CCCN(S(=O)(=O)c2ccc(C(F)F)cc2)C1. The molecule has 1 aliphatic heterocycles. The molecule has 1 saturated heterocycles. The van der Waals surface area contributed by atoms with E-state index in [1.807, 2.05) is 0 Å². The van der Waals surface area contributed by atoms with E-state index in [1.54, 1.807) is 0 Å². The number of carbonyl (C=O) groups is 1. The molecule has 8 heteroatoms. The predicted molar refractivity (Wildman–Crippen MR) is 70.5 cm³/mol. The second kappa shape index (κ2) is 6.07. The summed E-state index contributed by atoms with van der Waals surface area (Å²) in [5.74, 6) is -1.75. The van der Waals surface area contributed by atoms with E-state index in [2.05, 4.69) is 0 Å². The zero-order valence-corrected chi connectivity index (χ0v) is 11.9. The number of alkyl halides is 2. The third-order valence-electron chi connectivity index (χ3n) is 3.50. The first-order valence-electron chi connectivity index (χ1n) is 6.43. The molecule has 1 aromatic carbocycles. The van der Waals surface area contributed by atoms with Gasteiger partial charge in [-0.2, -0.15) is 4.31 Å². The van der Waals surface area contributed by atoms with E-state index in [0.717, 1.165) is 28.6 Å².